The van der Waals surface area contributed by atoms with Crippen LogP contribution < -0.4 is 0 Å². The molecule has 4 nitrogen and oxygen atoms in total. The Hall–Kier alpha value is -1.06. The van der Waals surface area contributed by atoms with Crippen molar-refractivity contribution < 1.29 is 19.2 Å². The molecular formula is C14H26NO3+. The van der Waals surface area contributed by atoms with Crippen LogP contribution in [0.5, 0.6) is 0 Å². The molecule has 0 saturated heterocycles. The molecule has 0 aromatic heterocycles. The minimum absolute atomic E-state index is 0.137. The minimum Gasteiger partial charge on any atom is -0.471 e. The van der Waals surface area contributed by atoms with Crippen molar-refractivity contribution in [3.05, 3.63) is 0 Å². The Bertz CT molecular complexity index is 287. The lowest BCUT2D eigenvalue weighted by Gasteiger charge is -2.00. The van der Waals surface area contributed by atoms with Gasteiger partial charge < -0.3 is 9.84 Å². The smallest absolute Gasteiger partial charge is 0.450 e. The molecule has 0 bridgehead atoms. The Morgan fingerprint density at radius 2 is 1.78 bits per heavy atom. The summed E-state index contributed by atoms with van der Waals surface area (Å²) in [6.45, 7) is 4.28. The first-order valence-corrected chi connectivity index (χ1v) is 7.23. The fourth-order valence-corrected chi connectivity index (χ4v) is 2.29. The normalized spacial score (nSPS) is 14.9. The van der Waals surface area contributed by atoms with Gasteiger partial charge in [0.2, 0.25) is 0 Å². The van der Waals surface area contributed by atoms with Gasteiger partial charge in [-0.05, 0) is 6.42 Å². The van der Waals surface area contributed by atoms with Crippen LogP contribution >= 0.6 is 0 Å². The first-order chi connectivity index (χ1) is 8.75. The van der Waals surface area contributed by atoms with Crippen LogP contribution in [-0.2, 0) is 9.53 Å². The van der Waals surface area contributed by atoms with E-state index >= 15 is 0 Å². The SMILES string of the molecule is CCCCCCCCCC[N+]1=C(C(=O)O)OCC1. The second-order valence-electron chi connectivity index (χ2n) is 4.92. The van der Waals surface area contributed by atoms with E-state index in [1.807, 2.05) is 4.58 Å². The quantitative estimate of drug-likeness (QED) is 0.483. The number of hydrogen-bond acceptors (Lipinski definition) is 2. The average Bonchev–Trinajstić information content (AvgIpc) is 2.81. The van der Waals surface area contributed by atoms with Gasteiger partial charge in [-0.3, -0.25) is 0 Å². The highest BCUT2D eigenvalue weighted by atomic mass is 16.5. The Morgan fingerprint density at radius 1 is 1.17 bits per heavy atom. The fourth-order valence-electron chi connectivity index (χ4n) is 2.29. The number of carboxylic acids is 1. The highest BCUT2D eigenvalue weighted by molar-refractivity contribution is 6.29. The molecule has 0 unspecified atom stereocenters. The van der Waals surface area contributed by atoms with Crippen LogP contribution in [0.25, 0.3) is 0 Å². The molecule has 0 saturated carbocycles. The molecule has 0 fully saturated rings. The van der Waals surface area contributed by atoms with Gasteiger partial charge in [0.15, 0.2) is 13.2 Å². The first kappa shape index (κ1) is 15.0. The summed E-state index contributed by atoms with van der Waals surface area (Å²) in [5.41, 5.74) is 0. The van der Waals surface area contributed by atoms with E-state index in [1.165, 1.54) is 44.9 Å². The van der Waals surface area contributed by atoms with Crippen molar-refractivity contribution in [1.82, 2.24) is 0 Å². The van der Waals surface area contributed by atoms with Gasteiger partial charge >= 0.3 is 11.9 Å². The van der Waals surface area contributed by atoms with E-state index in [0.717, 1.165) is 19.5 Å². The van der Waals surface area contributed by atoms with Crippen molar-refractivity contribution in [2.45, 2.75) is 58.3 Å². The maximum atomic E-state index is 10.8. The zero-order chi connectivity index (χ0) is 13.2. The predicted molar refractivity (Wildman–Crippen MR) is 71.2 cm³/mol. The maximum absolute atomic E-state index is 10.8. The molecule has 1 N–H and O–H groups in total. The predicted octanol–water partition coefficient (Wildman–Crippen LogP) is 2.65. The number of hydrogen-bond donors (Lipinski definition) is 1. The molecule has 0 aliphatic carbocycles. The lowest BCUT2D eigenvalue weighted by atomic mass is 10.1. The second kappa shape index (κ2) is 8.95. The molecule has 1 heterocycles. The molecule has 0 aromatic rings. The first-order valence-electron chi connectivity index (χ1n) is 7.23. The monoisotopic (exact) mass is 256 g/mol. The summed E-state index contributed by atoms with van der Waals surface area (Å²) in [7, 11) is 0. The largest absolute Gasteiger partial charge is 0.471 e. The van der Waals surface area contributed by atoms with Crippen LogP contribution in [0.2, 0.25) is 0 Å². The van der Waals surface area contributed by atoms with Crippen LogP contribution in [0.15, 0.2) is 0 Å². The van der Waals surface area contributed by atoms with Crippen molar-refractivity contribution >= 4 is 11.9 Å². The van der Waals surface area contributed by atoms with E-state index in [1.54, 1.807) is 0 Å². The van der Waals surface area contributed by atoms with Gasteiger partial charge in [-0.15, -0.1) is 0 Å². The molecule has 0 spiro atoms. The summed E-state index contributed by atoms with van der Waals surface area (Å²) in [5, 5.41) is 8.90. The molecule has 18 heavy (non-hydrogen) atoms. The lowest BCUT2D eigenvalue weighted by Crippen LogP contribution is -2.24. The van der Waals surface area contributed by atoms with E-state index in [9.17, 15) is 4.79 Å². The highest BCUT2D eigenvalue weighted by Crippen LogP contribution is 2.09. The van der Waals surface area contributed by atoms with Gasteiger partial charge in [0, 0.05) is 6.42 Å². The van der Waals surface area contributed by atoms with Crippen LogP contribution in [-0.4, -0.2) is 41.2 Å². The van der Waals surface area contributed by atoms with Gasteiger partial charge in [0.1, 0.15) is 6.54 Å². The lowest BCUT2D eigenvalue weighted by molar-refractivity contribution is -0.518. The van der Waals surface area contributed by atoms with Crippen LogP contribution in [0.4, 0.5) is 0 Å². The van der Waals surface area contributed by atoms with E-state index < -0.39 is 5.97 Å². The summed E-state index contributed by atoms with van der Waals surface area (Å²) in [4.78, 5) is 10.8. The number of carbonyl (C=O) groups is 1. The van der Waals surface area contributed by atoms with Gasteiger partial charge in [-0.2, -0.15) is 4.58 Å². The summed E-state index contributed by atoms with van der Waals surface area (Å²) in [5.74, 6) is -0.801. The second-order valence-corrected chi connectivity index (χ2v) is 4.92. The molecule has 4 heteroatoms. The molecule has 0 radical (unpaired) electrons. The van der Waals surface area contributed by atoms with Gasteiger partial charge in [0.25, 0.3) is 0 Å². The standard InChI is InChI=1S/C14H25NO3/c1-2-3-4-5-6-7-8-9-10-15-11-12-18-13(15)14(16)17/h2-12H2,1H3/p+1. The van der Waals surface area contributed by atoms with Gasteiger partial charge in [0.05, 0.1) is 0 Å². The highest BCUT2D eigenvalue weighted by Gasteiger charge is 2.30. The van der Waals surface area contributed by atoms with Crippen molar-refractivity contribution in [1.29, 1.82) is 0 Å². The third kappa shape index (κ3) is 5.52. The van der Waals surface area contributed by atoms with Gasteiger partial charge in [-0.1, -0.05) is 45.4 Å². The zero-order valence-electron chi connectivity index (χ0n) is 11.5. The molecule has 104 valence electrons. The maximum Gasteiger partial charge on any atom is 0.450 e. The number of ether oxygens (including phenoxy) is 1. The van der Waals surface area contributed by atoms with Crippen molar-refractivity contribution in [3.63, 3.8) is 0 Å². The number of nitrogens with zero attached hydrogens (tertiary/aromatic N) is 1. The topological polar surface area (TPSA) is 49.5 Å². The van der Waals surface area contributed by atoms with Crippen LogP contribution in [0.3, 0.4) is 0 Å². The van der Waals surface area contributed by atoms with Crippen molar-refractivity contribution in [3.8, 4) is 0 Å². The Balaban J connectivity index is 2.04. The molecule has 0 aromatic carbocycles. The number of aliphatic carboxylic acids is 1. The molecule has 1 rings (SSSR count). The van der Waals surface area contributed by atoms with Gasteiger partial charge in [-0.25, -0.2) is 4.79 Å². The third-order valence-electron chi connectivity index (χ3n) is 3.35. The molecule has 0 amide bonds. The molecular weight excluding hydrogens is 230 g/mol. The van der Waals surface area contributed by atoms with E-state index in [-0.39, 0.29) is 5.90 Å². The zero-order valence-corrected chi connectivity index (χ0v) is 11.5. The molecule has 1 aliphatic rings. The summed E-state index contributed by atoms with van der Waals surface area (Å²) < 4.78 is 6.94. The number of unbranched alkanes of at least 4 members (excludes halogenated alkanes) is 7. The summed E-state index contributed by atoms with van der Waals surface area (Å²) in [6.07, 6.45) is 10.2. The van der Waals surface area contributed by atoms with Crippen molar-refractivity contribution in [2.75, 3.05) is 19.7 Å². The van der Waals surface area contributed by atoms with Crippen LogP contribution in [0, 0.1) is 0 Å². The van der Waals surface area contributed by atoms with Crippen LogP contribution in [0.1, 0.15) is 58.3 Å². The van der Waals surface area contributed by atoms with E-state index in [2.05, 4.69) is 6.92 Å². The van der Waals surface area contributed by atoms with E-state index in [0.29, 0.717) is 6.61 Å². The fraction of sp³-hybridized carbons (Fsp3) is 0.857. The number of rotatable bonds is 10. The molecule has 0 atom stereocenters. The summed E-state index contributed by atoms with van der Waals surface area (Å²) >= 11 is 0. The number of carboxylic acid groups (broad SMARTS) is 1. The minimum atomic E-state index is -0.938. The van der Waals surface area contributed by atoms with Crippen molar-refractivity contribution in [2.24, 2.45) is 0 Å². The third-order valence-corrected chi connectivity index (χ3v) is 3.35. The Labute approximate surface area is 110 Å². The Morgan fingerprint density at radius 3 is 2.39 bits per heavy atom. The summed E-state index contributed by atoms with van der Waals surface area (Å²) in [6, 6.07) is 0. The van der Waals surface area contributed by atoms with E-state index in [4.69, 9.17) is 9.84 Å². The average molecular weight is 256 g/mol. The Kier molecular flexibility index (Phi) is 7.46. The molecule has 1 aliphatic heterocycles.